The highest BCUT2D eigenvalue weighted by atomic mass is 32.2. The smallest absolute Gasteiger partial charge is 0.255 e. The van der Waals surface area contributed by atoms with Crippen LogP contribution < -0.4 is 0 Å². The number of rotatable bonds is 4. The molecule has 1 aliphatic heterocycles. The number of carbonyl (C=O) groups is 1. The van der Waals surface area contributed by atoms with Crippen LogP contribution in [0.2, 0.25) is 0 Å². The van der Waals surface area contributed by atoms with E-state index in [1.165, 1.54) is 0 Å². The maximum atomic E-state index is 12.6. The molecule has 5 nitrogen and oxygen atoms in total. The first kappa shape index (κ1) is 15.1. The molecule has 0 spiro atoms. The number of benzene rings is 1. The van der Waals surface area contributed by atoms with Crippen molar-refractivity contribution >= 4 is 17.7 Å². The second kappa shape index (κ2) is 6.54. The lowest BCUT2D eigenvalue weighted by atomic mass is 10.2. The highest BCUT2D eigenvalue weighted by molar-refractivity contribution is 7.98. The minimum Gasteiger partial charge on any atom is -0.391 e. The molecule has 0 bridgehead atoms. The van der Waals surface area contributed by atoms with E-state index in [1.54, 1.807) is 16.7 Å². The molecule has 1 aromatic heterocycles. The lowest BCUT2D eigenvalue weighted by Crippen LogP contribution is -2.29. The average Bonchev–Trinajstić information content (AvgIpc) is 3.13. The van der Waals surface area contributed by atoms with Gasteiger partial charge in [-0.1, -0.05) is 17.3 Å². The molecule has 116 valence electrons. The Morgan fingerprint density at radius 1 is 1.50 bits per heavy atom. The molecule has 1 saturated heterocycles. The van der Waals surface area contributed by atoms with Crippen molar-refractivity contribution in [3.05, 3.63) is 47.3 Å². The van der Waals surface area contributed by atoms with Gasteiger partial charge in [0, 0.05) is 24.1 Å². The number of aromatic nitrogens is 1. The van der Waals surface area contributed by atoms with Crippen molar-refractivity contribution in [1.29, 1.82) is 0 Å². The Kier molecular flexibility index (Phi) is 4.49. The van der Waals surface area contributed by atoms with Crippen LogP contribution in [0.5, 0.6) is 0 Å². The number of aliphatic hydroxyl groups excluding tert-OH is 1. The van der Waals surface area contributed by atoms with Crippen molar-refractivity contribution in [3.63, 3.8) is 0 Å². The fourth-order valence-electron chi connectivity index (χ4n) is 2.50. The zero-order valence-electron chi connectivity index (χ0n) is 12.4. The van der Waals surface area contributed by atoms with E-state index in [1.807, 2.05) is 37.3 Å². The molecule has 0 saturated carbocycles. The highest BCUT2D eigenvalue weighted by Gasteiger charge is 2.26. The van der Waals surface area contributed by atoms with E-state index in [4.69, 9.17) is 4.52 Å². The number of nitrogens with zero attached hydrogens (tertiary/aromatic N) is 2. The van der Waals surface area contributed by atoms with Crippen LogP contribution in [0.4, 0.5) is 0 Å². The van der Waals surface area contributed by atoms with Gasteiger partial charge in [-0.3, -0.25) is 4.79 Å². The fourth-order valence-corrected chi connectivity index (χ4v) is 3.42. The van der Waals surface area contributed by atoms with E-state index in [2.05, 4.69) is 5.16 Å². The van der Waals surface area contributed by atoms with E-state index < -0.39 is 6.10 Å². The summed E-state index contributed by atoms with van der Waals surface area (Å²) in [6.07, 6.45) is 0.249. The van der Waals surface area contributed by atoms with Crippen LogP contribution in [0.3, 0.4) is 0 Å². The van der Waals surface area contributed by atoms with Gasteiger partial charge in [-0.05, 0) is 25.5 Å². The SMILES string of the molecule is Cc1cc(CSc2ccccc2C(=O)N2CC[C@@H](O)C2)on1. The maximum Gasteiger partial charge on any atom is 0.255 e. The zero-order valence-corrected chi connectivity index (χ0v) is 13.2. The predicted octanol–water partition coefficient (Wildman–Crippen LogP) is 2.48. The molecule has 1 fully saturated rings. The summed E-state index contributed by atoms with van der Waals surface area (Å²) in [5, 5.41) is 13.5. The number of carbonyl (C=O) groups excluding carboxylic acids is 1. The molecule has 22 heavy (non-hydrogen) atoms. The molecule has 1 N–H and O–H groups in total. The fraction of sp³-hybridized carbons (Fsp3) is 0.375. The Bertz CT molecular complexity index is 671. The Labute approximate surface area is 133 Å². The summed E-state index contributed by atoms with van der Waals surface area (Å²) in [7, 11) is 0. The molecule has 0 aliphatic carbocycles. The zero-order chi connectivity index (χ0) is 15.5. The molecule has 1 amide bonds. The molecule has 2 aromatic rings. The van der Waals surface area contributed by atoms with Crippen LogP contribution in [0.1, 0.15) is 28.2 Å². The summed E-state index contributed by atoms with van der Waals surface area (Å²) in [5.41, 5.74) is 1.53. The number of amides is 1. The van der Waals surface area contributed by atoms with Gasteiger partial charge in [0.05, 0.1) is 23.1 Å². The quantitative estimate of drug-likeness (QED) is 0.877. The number of aliphatic hydroxyl groups is 1. The minimum absolute atomic E-state index is 0.0200. The number of likely N-dealkylation sites (tertiary alicyclic amines) is 1. The molecule has 6 heteroatoms. The number of hydrogen-bond donors (Lipinski definition) is 1. The Morgan fingerprint density at radius 3 is 3.00 bits per heavy atom. The minimum atomic E-state index is -0.402. The van der Waals surface area contributed by atoms with Crippen LogP contribution >= 0.6 is 11.8 Å². The molecule has 1 atom stereocenters. The molecule has 2 heterocycles. The van der Waals surface area contributed by atoms with Crippen LogP contribution in [0.15, 0.2) is 39.8 Å². The lowest BCUT2D eigenvalue weighted by molar-refractivity contribution is 0.0761. The first-order valence-corrected chi connectivity index (χ1v) is 8.23. The van der Waals surface area contributed by atoms with Gasteiger partial charge in [0.2, 0.25) is 0 Å². The molecule has 3 rings (SSSR count). The van der Waals surface area contributed by atoms with Gasteiger partial charge >= 0.3 is 0 Å². The number of hydrogen-bond acceptors (Lipinski definition) is 5. The molecule has 1 aliphatic rings. The van der Waals surface area contributed by atoms with Crippen molar-refractivity contribution in [2.45, 2.75) is 30.1 Å². The van der Waals surface area contributed by atoms with Gasteiger partial charge in [0.15, 0.2) is 0 Å². The molecular formula is C16H18N2O3S. The van der Waals surface area contributed by atoms with Crippen molar-refractivity contribution in [2.24, 2.45) is 0 Å². The van der Waals surface area contributed by atoms with Gasteiger partial charge in [0.25, 0.3) is 5.91 Å². The van der Waals surface area contributed by atoms with E-state index in [9.17, 15) is 9.90 Å². The van der Waals surface area contributed by atoms with Gasteiger partial charge in [-0.2, -0.15) is 0 Å². The van der Waals surface area contributed by atoms with Gasteiger partial charge in [-0.15, -0.1) is 11.8 Å². The second-order valence-electron chi connectivity index (χ2n) is 5.41. The monoisotopic (exact) mass is 318 g/mol. The Balaban J connectivity index is 1.73. The summed E-state index contributed by atoms with van der Waals surface area (Å²) in [4.78, 5) is 15.2. The third-order valence-corrected chi connectivity index (χ3v) is 4.71. The van der Waals surface area contributed by atoms with Crippen LogP contribution in [0, 0.1) is 6.92 Å². The summed E-state index contributed by atoms with van der Waals surface area (Å²) >= 11 is 1.56. The molecule has 0 unspecified atom stereocenters. The van der Waals surface area contributed by atoms with Crippen molar-refractivity contribution in [1.82, 2.24) is 10.1 Å². The average molecular weight is 318 g/mol. The summed E-state index contributed by atoms with van der Waals surface area (Å²) in [6.45, 7) is 2.91. The predicted molar refractivity (Wildman–Crippen MR) is 83.8 cm³/mol. The lowest BCUT2D eigenvalue weighted by Gasteiger charge is -2.17. The van der Waals surface area contributed by atoms with E-state index in [0.29, 0.717) is 30.8 Å². The van der Waals surface area contributed by atoms with E-state index >= 15 is 0 Å². The first-order valence-electron chi connectivity index (χ1n) is 7.25. The van der Waals surface area contributed by atoms with Gasteiger partial charge in [0.1, 0.15) is 5.76 Å². The van der Waals surface area contributed by atoms with Crippen molar-refractivity contribution in [3.8, 4) is 0 Å². The maximum absolute atomic E-state index is 12.6. The summed E-state index contributed by atoms with van der Waals surface area (Å²) < 4.78 is 5.20. The van der Waals surface area contributed by atoms with E-state index in [-0.39, 0.29) is 5.91 Å². The highest BCUT2D eigenvalue weighted by Crippen LogP contribution is 2.28. The van der Waals surface area contributed by atoms with E-state index in [0.717, 1.165) is 16.3 Å². The summed E-state index contributed by atoms with van der Waals surface area (Å²) in [6, 6.07) is 9.45. The third kappa shape index (κ3) is 3.34. The third-order valence-electron chi connectivity index (χ3n) is 3.61. The Hall–Kier alpha value is -1.79. The van der Waals surface area contributed by atoms with Crippen molar-refractivity contribution in [2.75, 3.05) is 13.1 Å². The standard InChI is InChI=1S/C16H18N2O3S/c1-11-8-13(21-17-11)10-22-15-5-3-2-4-14(15)16(20)18-7-6-12(19)9-18/h2-5,8,12,19H,6-7,9-10H2,1H3/t12-/m1/s1. The number of aryl methyl sites for hydroxylation is 1. The molecule has 0 radical (unpaired) electrons. The topological polar surface area (TPSA) is 66.6 Å². The summed E-state index contributed by atoms with van der Waals surface area (Å²) in [5.74, 6) is 1.41. The van der Waals surface area contributed by atoms with Crippen LogP contribution in [-0.2, 0) is 5.75 Å². The van der Waals surface area contributed by atoms with Gasteiger partial charge < -0.3 is 14.5 Å². The van der Waals surface area contributed by atoms with Crippen LogP contribution in [0.25, 0.3) is 0 Å². The molecule has 1 aromatic carbocycles. The largest absolute Gasteiger partial charge is 0.391 e. The Morgan fingerprint density at radius 2 is 2.32 bits per heavy atom. The number of thioether (sulfide) groups is 1. The van der Waals surface area contributed by atoms with Gasteiger partial charge in [-0.25, -0.2) is 0 Å². The molecular weight excluding hydrogens is 300 g/mol. The van der Waals surface area contributed by atoms with Crippen LogP contribution in [-0.4, -0.2) is 40.3 Å². The number of β-amino-alcohol motifs (C(OH)–C–C–N with tert-alkyl or cyclic N) is 1. The van der Waals surface area contributed by atoms with Crippen molar-refractivity contribution < 1.29 is 14.4 Å². The second-order valence-corrected chi connectivity index (χ2v) is 6.43. The normalized spacial score (nSPS) is 17.9. The first-order chi connectivity index (χ1) is 10.6.